The van der Waals surface area contributed by atoms with Crippen LogP contribution in [-0.2, 0) is 4.79 Å². The lowest BCUT2D eigenvalue weighted by Crippen LogP contribution is -2.53. The molecule has 26 heavy (non-hydrogen) atoms. The Labute approximate surface area is 153 Å². The average Bonchev–Trinajstić information content (AvgIpc) is 2.68. The highest BCUT2D eigenvalue weighted by Gasteiger charge is 2.27. The zero-order valence-corrected chi connectivity index (χ0v) is 15.2. The number of carbonyl (C=O) groups excluding carboxylic acids is 1. The number of benzene rings is 1. The van der Waals surface area contributed by atoms with Gasteiger partial charge in [0.1, 0.15) is 0 Å². The van der Waals surface area contributed by atoms with Gasteiger partial charge in [0.15, 0.2) is 0 Å². The molecule has 0 saturated carbocycles. The lowest BCUT2D eigenvalue weighted by Gasteiger charge is -2.37. The molecule has 0 aliphatic carbocycles. The van der Waals surface area contributed by atoms with Crippen molar-refractivity contribution in [3.05, 3.63) is 48.3 Å². The van der Waals surface area contributed by atoms with E-state index in [4.69, 9.17) is 0 Å². The van der Waals surface area contributed by atoms with E-state index in [0.29, 0.717) is 5.69 Å². The fraction of sp³-hybridized carbons (Fsp3) is 0.421. The number of para-hydroxylation sites is 1. The highest BCUT2D eigenvalue weighted by atomic mass is 16.3. The fourth-order valence-corrected chi connectivity index (χ4v) is 3.14. The van der Waals surface area contributed by atoms with Gasteiger partial charge in [0.05, 0.1) is 12.1 Å². The van der Waals surface area contributed by atoms with Crippen molar-refractivity contribution < 1.29 is 9.90 Å². The van der Waals surface area contributed by atoms with Crippen molar-refractivity contribution in [2.75, 3.05) is 36.4 Å². The van der Waals surface area contributed by atoms with Gasteiger partial charge in [0.25, 0.3) is 0 Å². The van der Waals surface area contributed by atoms with Gasteiger partial charge in [-0.3, -0.25) is 9.69 Å². The Bertz CT molecular complexity index is 730. The maximum atomic E-state index is 12.7. The SMILES string of the molecule is C[C@H](O)c1ccccc1NC(=O)[C@@H](C)N1CCN(c2ncccn2)CC1. The second kappa shape index (κ2) is 8.25. The van der Waals surface area contributed by atoms with Crippen LogP contribution < -0.4 is 10.2 Å². The molecule has 1 aromatic heterocycles. The standard InChI is InChI=1S/C19H25N5O2/c1-14(18(26)22-17-7-4-3-6-16(17)15(2)25)23-10-12-24(13-11-23)19-20-8-5-9-21-19/h3-9,14-15,25H,10-13H2,1-2H3,(H,22,26)/t14-,15+/m1/s1. The van der Waals surface area contributed by atoms with Crippen LogP contribution in [0.2, 0.25) is 0 Å². The lowest BCUT2D eigenvalue weighted by atomic mass is 10.1. The first kappa shape index (κ1) is 18.3. The van der Waals surface area contributed by atoms with E-state index in [2.05, 4.69) is 25.1 Å². The van der Waals surface area contributed by atoms with Crippen LogP contribution in [0.15, 0.2) is 42.7 Å². The second-order valence-electron chi connectivity index (χ2n) is 6.50. The molecule has 138 valence electrons. The van der Waals surface area contributed by atoms with E-state index >= 15 is 0 Å². The van der Waals surface area contributed by atoms with E-state index in [1.165, 1.54) is 0 Å². The third kappa shape index (κ3) is 4.17. The number of piperazine rings is 1. The van der Waals surface area contributed by atoms with Crippen LogP contribution in [-0.4, -0.2) is 58.1 Å². The van der Waals surface area contributed by atoms with Crippen LogP contribution in [0, 0.1) is 0 Å². The van der Waals surface area contributed by atoms with E-state index in [1.807, 2.05) is 31.2 Å². The summed E-state index contributed by atoms with van der Waals surface area (Å²) in [5.74, 6) is 0.664. The van der Waals surface area contributed by atoms with Crippen LogP contribution in [0.5, 0.6) is 0 Å². The summed E-state index contributed by atoms with van der Waals surface area (Å²) in [6.45, 7) is 6.71. The van der Waals surface area contributed by atoms with Gasteiger partial charge in [-0.1, -0.05) is 18.2 Å². The molecule has 2 heterocycles. The molecule has 3 rings (SSSR count). The van der Waals surface area contributed by atoms with Crippen LogP contribution in [0.3, 0.4) is 0 Å². The number of nitrogens with one attached hydrogen (secondary N) is 1. The van der Waals surface area contributed by atoms with Crippen LogP contribution in [0.1, 0.15) is 25.5 Å². The normalized spacial score (nSPS) is 17.6. The summed E-state index contributed by atoms with van der Waals surface area (Å²) in [5.41, 5.74) is 1.38. The summed E-state index contributed by atoms with van der Waals surface area (Å²) >= 11 is 0. The molecule has 1 aliphatic rings. The van der Waals surface area contributed by atoms with Crippen molar-refractivity contribution in [1.82, 2.24) is 14.9 Å². The molecule has 0 bridgehead atoms. The summed E-state index contributed by atoms with van der Waals surface area (Å²) in [4.78, 5) is 25.5. The number of hydrogen-bond donors (Lipinski definition) is 2. The van der Waals surface area contributed by atoms with Gasteiger partial charge in [-0.15, -0.1) is 0 Å². The third-order valence-corrected chi connectivity index (χ3v) is 4.75. The van der Waals surface area contributed by atoms with Crippen LogP contribution >= 0.6 is 0 Å². The maximum Gasteiger partial charge on any atom is 0.241 e. The van der Waals surface area contributed by atoms with Gasteiger partial charge in [0, 0.05) is 49.8 Å². The molecule has 0 unspecified atom stereocenters. The van der Waals surface area contributed by atoms with E-state index < -0.39 is 6.10 Å². The summed E-state index contributed by atoms with van der Waals surface area (Å²) in [7, 11) is 0. The Hall–Kier alpha value is -2.51. The van der Waals surface area contributed by atoms with E-state index in [-0.39, 0.29) is 11.9 Å². The number of carbonyl (C=O) groups is 1. The highest BCUT2D eigenvalue weighted by molar-refractivity contribution is 5.95. The highest BCUT2D eigenvalue weighted by Crippen LogP contribution is 2.23. The zero-order chi connectivity index (χ0) is 18.5. The van der Waals surface area contributed by atoms with Crippen LogP contribution in [0.25, 0.3) is 0 Å². The molecular weight excluding hydrogens is 330 g/mol. The average molecular weight is 355 g/mol. The largest absolute Gasteiger partial charge is 0.389 e. The summed E-state index contributed by atoms with van der Waals surface area (Å²) in [6, 6.07) is 8.89. The first-order valence-corrected chi connectivity index (χ1v) is 8.90. The van der Waals surface area contributed by atoms with Gasteiger partial charge in [-0.2, -0.15) is 0 Å². The smallest absolute Gasteiger partial charge is 0.241 e. The van der Waals surface area contributed by atoms with E-state index in [0.717, 1.165) is 37.7 Å². The molecule has 0 radical (unpaired) electrons. The molecular formula is C19H25N5O2. The Morgan fingerprint density at radius 1 is 1.08 bits per heavy atom. The van der Waals surface area contributed by atoms with Gasteiger partial charge in [-0.25, -0.2) is 9.97 Å². The number of anilines is 2. The number of aliphatic hydroxyl groups is 1. The molecule has 2 aromatic rings. The predicted molar refractivity (Wildman–Crippen MR) is 101 cm³/mol. The molecule has 1 saturated heterocycles. The van der Waals surface area contributed by atoms with E-state index in [9.17, 15) is 9.90 Å². The Morgan fingerprint density at radius 2 is 1.73 bits per heavy atom. The molecule has 7 nitrogen and oxygen atoms in total. The minimum Gasteiger partial charge on any atom is -0.389 e. The summed E-state index contributed by atoms with van der Waals surface area (Å²) < 4.78 is 0. The molecule has 1 fully saturated rings. The molecule has 1 amide bonds. The first-order valence-electron chi connectivity index (χ1n) is 8.90. The van der Waals surface area contributed by atoms with Gasteiger partial charge in [-0.05, 0) is 26.0 Å². The quantitative estimate of drug-likeness (QED) is 0.849. The topological polar surface area (TPSA) is 81.6 Å². The minimum atomic E-state index is -0.628. The van der Waals surface area contributed by atoms with Gasteiger partial charge < -0.3 is 15.3 Å². The molecule has 2 atom stereocenters. The van der Waals surface area contributed by atoms with Crippen molar-refractivity contribution in [3.8, 4) is 0 Å². The summed E-state index contributed by atoms with van der Waals surface area (Å²) in [5, 5.41) is 12.8. The molecule has 1 aliphatic heterocycles. The Kier molecular flexibility index (Phi) is 5.80. The molecule has 2 N–H and O–H groups in total. The maximum absolute atomic E-state index is 12.7. The molecule has 0 spiro atoms. The number of rotatable bonds is 5. The van der Waals surface area contributed by atoms with Gasteiger partial charge in [0.2, 0.25) is 11.9 Å². The second-order valence-corrected chi connectivity index (χ2v) is 6.50. The van der Waals surface area contributed by atoms with Crippen LogP contribution in [0.4, 0.5) is 11.6 Å². The van der Waals surface area contributed by atoms with E-state index in [1.54, 1.807) is 25.4 Å². The summed E-state index contributed by atoms with van der Waals surface area (Å²) in [6.07, 6.45) is 2.85. The third-order valence-electron chi connectivity index (χ3n) is 4.75. The number of aromatic nitrogens is 2. The molecule has 1 aromatic carbocycles. The molecule has 7 heteroatoms. The van der Waals surface area contributed by atoms with Gasteiger partial charge >= 0.3 is 0 Å². The number of hydrogen-bond acceptors (Lipinski definition) is 6. The first-order chi connectivity index (χ1) is 12.6. The lowest BCUT2D eigenvalue weighted by molar-refractivity contribution is -0.120. The van der Waals surface area contributed by atoms with Crippen molar-refractivity contribution in [1.29, 1.82) is 0 Å². The predicted octanol–water partition coefficient (Wildman–Crippen LogP) is 1.68. The monoisotopic (exact) mass is 355 g/mol. The Balaban J connectivity index is 1.58. The minimum absolute atomic E-state index is 0.0671. The Morgan fingerprint density at radius 3 is 2.38 bits per heavy atom. The van der Waals surface area contributed by atoms with Crippen molar-refractivity contribution in [2.24, 2.45) is 0 Å². The van der Waals surface area contributed by atoms with Crippen molar-refractivity contribution in [3.63, 3.8) is 0 Å². The van der Waals surface area contributed by atoms with Crippen molar-refractivity contribution >= 4 is 17.5 Å². The van der Waals surface area contributed by atoms with Crippen molar-refractivity contribution in [2.45, 2.75) is 26.0 Å². The number of aliphatic hydroxyl groups excluding tert-OH is 1. The number of amides is 1. The number of nitrogens with zero attached hydrogens (tertiary/aromatic N) is 4. The fourth-order valence-electron chi connectivity index (χ4n) is 3.14. The zero-order valence-electron chi connectivity index (χ0n) is 15.2.